The molecular weight excluding hydrogens is 284 g/mol. The third-order valence-corrected chi connectivity index (χ3v) is 3.46. The number of aryl methyl sites for hydroxylation is 1. The van der Waals surface area contributed by atoms with E-state index in [1.165, 1.54) is 5.56 Å². The largest absolute Gasteiger partial charge is 0.487 e. The molecule has 0 bridgehead atoms. The van der Waals surface area contributed by atoms with Crippen LogP contribution in [0.2, 0.25) is 5.02 Å². The predicted molar refractivity (Wildman–Crippen MR) is 88.2 cm³/mol. The van der Waals surface area contributed by atoms with E-state index in [0.29, 0.717) is 11.6 Å². The van der Waals surface area contributed by atoms with Crippen LogP contribution in [0.5, 0.6) is 5.75 Å². The lowest BCUT2D eigenvalue weighted by Gasteiger charge is -2.10. The second-order valence-electron chi connectivity index (χ2n) is 4.84. The highest BCUT2D eigenvalue weighted by molar-refractivity contribution is 6.31. The smallest absolute Gasteiger partial charge is 0.132 e. The summed E-state index contributed by atoms with van der Waals surface area (Å²) in [5.74, 6) is 1.65. The Morgan fingerprint density at radius 2 is 1.86 bits per heavy atom. The number of ether oxygens (including phenoxy) is 1. The molecule has 2 rings (SSSR count). The molecular formula is C17H21ClN2O. The highest BCUT2D eigenvalue weighted by atomic mass is 35.5. The molecule has 4 heteroatoms. The van der Waals surface area contributed by atoms with E-state index in [1.54, 1.807) is 0 Å². The van der Waals surface area contributed by atoms with Gasteiger partial charge in [-0.25, -0.2) is 4.98 Å². The summed E-state index contributed by atoms with van der Waals surface area (Å²) in [6.45, 7) is 5.40. The number of pyridine rings is 1. The van der Waals surface area contributed by atoms with Gasteiger partial charge in [0.05, 0.1) is 10.7 Å². The van der Waals surface area contributed by atoms with E-state index in [4.69, 9.17) is 16.3 Å². The minimum atomic E-state index is 0.366. The van der Waals surface area contributed by atoms with Gasteiger partial charge in [0.2, 0.25) is 0 Å². The van der Waals surface area contributed by atoms with E-state index in [9.17, 15) is 0 Å². The Hall–Kier alpha value is -1.74. The Morgan fingerprint density at radius 1 is 1.10 bits per heavy atom. The summed E-state index contributed by atoms with van der Waals surface area (Å²) < 4.78 is 5.76. The fourth-order valence-electron chi connectivity index (χ4n) is 2.06. The second-order valence-corrected chi connectivity index (χ2v) is 5.25. The quantitative estimate of drug-likeness (QED) is 0.805. The highest BCUT2D eigenvalue weighted by Crippen LogP contribution is 2.20. The van der Waals surface area contributed by atoms with Gasteiger partial charge in [-0.3, -0.25) is 0 Å². The lowest BCUT2D eigenvalue weighted by molar-refractivity contribution is 0.301. The van der Waals surface area contributed by atoms with Gasteiger partial charge >= 0.3 is 0 Å². The van der Waals surface area contributed by atoms with Crippen molar-refractivity contribution < 1.29 is 4.74 Å². The van der Waals surface area contributed by atoms with Crippen molar-refractivity contribution in [2.24, 2.45) is 0 Å². The Bertz CT molecular complexity index is 570. The molecule has 1 heterocycles. The van der Waals surface area contributed by atoms with Gasteiger partial charge in [-0.2, -0.15) is 0 Å². The van der Waals surface area contributed by atoms with Crippen LogP contribution in [0.4, 0.5) is 5.82 Å². The molecule has 0 aliphatic heterocycles. The molecule has 0 amide bonds. The molecule has 0 fully saturated rings. The first-order valence-electron chi connectivity index (χ1n) is 7.34. The number of aromatic nitrogens is 1. The summed E-state index contributed by atoms with van der Waals surface area (Å²) in [6, 6.07) is 11.9. The molecule has 0 aliphatic rings. The molecule has 1 aromatic carbocycles. The van der Waals surface area contributed by atoms with Gasteiger partial charge in [-0.15, -0.1) is 0 Å². The van der Waals surface area contributed by atoms with Gasteiger partial charge in [0.25, 0.3) is 0 Å². The molecule has 1 N–H and O–H groups in total. The topological polar surface area (TPSA) is 34.1 Å². The predicted octanol–water partition coefficient (Wildman–Crippen LogP) is 4.70. The van der Waals surface area contributed by atoms with Gasteiger partial charge in [-0.05, 0) is 43.2 Å². The maximum atomic E-state index is 6.16. The van der Waals surface area contributed by atoms with Crippen LogP contribution in [-0.4, -0.2) is 11.5 Å². The number of hydrogen-bond donors (Lipinski definition) is 1. The van der Waals surface area contributed by atoms with E-state index >= 15 is 0 Å². The molecule has 0 radical (unpaired) electrons. The lowest BCUT2D eigenvalue weighted by Crippen LogP contribution is -2.04. The molecule has 2 aromatic rings. The summed E-state index contributed by atoms with van der Waals surface area (Å²) in [6.07, 6.45) is 2.25. The number of nitrogens with zero attached hydrogens (tertiary/aromatic N) is 1. The molecule has 0 saturated heterocycles. The summed E-state index contributed by atoms with van der Waals surface area (Å²) in [5, 5.41) is 3.79. The normalized spacial score (nSPS) is 10.4. The van der Waals surface area contributed by atoms with Gasteiger partial charge in [0.15, 0.2) is 0 Å². The van der Waals surface area contributed by atoms with Crippen LogP contribution in [0.1, 0.15) is 31.5 Å². The zero-order valence-electron chi connectivity index (χ0n) is 12.5. The number of benzene rings is 1. The summed E-state index contributed by atoms with van der Waals surface area (Å²) in [4.78, 5) is 4.46. The molecule has 0 saturated carbocycles. The van der Waals surface area contributed by atoms with Crippen LogP contribution in [-0.2, 0) is 13.0 Å². The molecule has 21 heavy (non-hydrogen) atoms. The third kappa shape index (κ3) is 4.64. The van der Waals surface area contributed by atoms with Crippen LogP contribution in [0, 0.1) is 0 Å². The first-order chi connectivity index (χ1) is 10.2. The van der Waals surface area contributed by atoms with E-state index in [1.807, 2.05) is 31.2 Å². The van der Waals surface area contributed by atoms with E-state index in [0.717, 1.165) is 36.6 Å². The third-order valence-electron chi connectivity index (χ3n) is 3.11. The number of hydrogen-bond acceptors (Lipinski definition) is 3. The molecule has 0 unspecified atom stereocenters. The second kappa shape index (κ2) is 7.89. The van der Waals surface area contributed by atoms with Crippen molar-refractivity contribution in [1.82, 2.24) is 4.98 Å². The van der Waals surface area contributed by atoms with Crippen molar-refractivity contribution in [1.29, 1.82) is 0 Å². The van der Waals surface area contributed by atoms with E-state index in [-0.39, 0.29) is 0 Å². The molecule has 112 valence electrons. The average Bonchev–Trinajstić information content (AvgIpc) is 2.50. The van der Waals surface area contributed by atoms with Crippen LogP contribution in [0.25, 0.3) is 0 Å². The molecule has 0 atom stereocenters. The SMILES string of the molecule is CCCc1ccc(OCc2nc(NCC)ccc2Cl)cc1. The number of halogens is 1. The van der Waals surface area contributed by atoms with Gasteiger partial charge in [0.1, 0.15) is 18.2 Å². The molecule has 1 aromatic heterocycles. The number of nitrogens with one attached hydrogen (secondary N) is 1. The first-order valence-corrected chi connectivity index (χ1v) is 7.71. The van der Waals surface area contributed by atoms with Gasteiger partial charge in [0, 0.05) is 6.54 Å². The van der Waals surface area contributed by atoms with E-state index in [2.05, 4.69) is 29.4 Å². The standard InChI is InChI=1S/C17H21ClN2O/c1-3-5-13-6-8-14(9-7-13)21-12-16-15(18)10-11-17(20-16)19-4-2/h6-11H,3-5,12H2,1-2H3,(H,19,20). The Labute approximate surface area is 131 Å². The summed E-state index contributed by atoms with van der Waals surface area (Å²) in [7, 11) is 0. The van der Waals surface area contributed by atoms with E-state index < -0.39 is 0 Å². The van der Waals surface area contributed by atoms with Gasteiger partial charge < -0.3 is 10.1 Å². The van der Waals surface area contributed by atoms with Crippen LogP contribution < -0.4 is 10.1 Å². The minimum Gasteiger partial charge on any atom is -0.487 e. The maximum Gasteiger partial charge on any atom is 0.132 e. The van der Waals surface area contributed by atoms with Crippen LogP contribution in [0.15, 0.2) is 36.4 Å². The Morgan fingerprint density at radius 3 is 2.52 bits per heavy atom. The summed E-state index contributed by atoms with van der Waals surface area (Å²) in [5.41, 5.74) is 2.07. The molecule has 0 spiro atoms. The molecule has 3 nitrogen and oxygen atoms in total. The lowest BCUT2D eigenvalue weighted by atomic mass is 10.1. The van der Waals surface area contributed by atoms with Gasteiger partial charge in [-0.1, -0.05) is 37.1 Å². The monoisotopic (exact) mass is 304 g/mol. The number of anilines is 1. The van der Waals surface area contributed by atoms with Crippen molar-refractivity contribution >= 4 is 17.4 Å². The van der Waals surface area contributed by atoms with Crippen LogP contribution >= 0.6 is 11.6 Å². The average molecular weight is 305 g/mol. The Balaban J connectivity index is 2.00. The van der Waals surface area contributed by atoms with Crippen molar-refractivity contribution in [3.63, 3.8) is 0 Å². The van der Waals surface area contributed by atoms with Crippen molar-refractivity contribution in [3.8, 4) is 5.75 Å². The fraction of sp³-hybridized carbons (Fsp3) is 0.353. The highest BCUT2D eigenvalue weighted by Gasteiger charge is 2.05. The Kier molecular flexibility index (Phi) is 5.88. The maximum absolute atomic E-state index is 6.16. The van der Waals surface area contributed by atoms with Crippen LogP contribution in [0.3, 0.4) is 0 Å². The molecule has 0 aliphatic carbocycles. The minimum absolute atomic E-state index is 0.366. The summed E-state index contributed by atoms with van der Waals surface area (Å²) >= 11 is 6.16. The zero-order chi connectivity index (χ0) is 15.1. The first kappa shape index (κ1) is 15.6. The fourth-order valence-corrected chi connectivity index (χ4v) is 2.22. The zero-order valence-corrected chi connectivity index (χ0v) is 13.3. The van der Waals surface area contributed by atoms with Crippen molar-refractivity contribution in [3.05, 3.63) is 52.7 Å². The number of rotatable bonds is 7. The van der Waals surface area contributed by atoms with Crippen molar-refractivity contribution in [2.45, 2.75) is 33.3 Å². The van der Waals surface area contributed by atoms with Crippen molar-refractivity contribution in [2.75, 3.05) is 11.9 Å².